The number of hydrogen-bond acceptors (Lipinski definition) is 8. The minimum atomic E-state index is -0.151. The number of anilines is 2. The van der Waals surface area contributed by atoms with Crippen LogP contribution in [-0.2, 0) is 6.54 Å². The third-order valence-electron chi connectivity index (χ3n) is 6.86. The number of methoxy groups -OCH3 is 1. The van der Waals surface area contributed by atoms with Crippen LogP contribution in [0.1, 0.15) is 16.1 Å². The standard InChI is InChI=1S/C29H28N8O2/c1-39-26-11-10-21(29(38)31-18-22-7-5-6-12-30-22)17-25(26)35-13-15-36(16-14-35)27-24-19-34-37(28(24)33-20-32-27)23-8-3-2-4-9-23/h2-12,17,19-20H,13-16,18H2,1H3,(H,31,38). The van der Waals surface area contributed by atoms with Gasteiger partial charge in [0.1, 0.15) is 17.9 Å². The quantitative estimate of drug-likeness (QED) is 0.348. The van der Waals surface area contributed by atoms with E-state index in [1.54, 1.807) is 25.7 Å². The van der Waals surface area contributed by atoms with Crippen molar-refractivity contribution in [3.05, 3.63) is 96.7 Å². The molecule has 1 N–H and O–H groups in total. The Hall–Kier alpha value is -4.99. The summed E-state index contributed by atoms with van der Waals surface area (Å²) < 4.78 is 7.49. The van der Waals surface area contributed by atoms with Gasteiger partial charge in [-0.05, 0) is 42.5 Å². The fourth-order valence-electron chi connectivity index (χ4n) is 4.85. The number of nitrogens with zero attached hydrogens (tertiary/aromatic N) is 7. The van der Waals surface area contributed by atoms with E-state index in [-0.39, 0.29) is 5.91 Å². The molecule has 1 aliphatic heterocycles. The number of ether oxygens (including phenoxy) is 1. The number of aromatic nitrogens is 5. The first-order valence-electron chi connectivity index (χ1n) is 12.8. The number of amides is 1. The summed E-state index contributed by atoms with van der Waals surface area (Å²) in [7, 11) is 1.65. The van der Waals surface area contributed by atoms with Crippen molar-refractivity contribution in [1.29, 1.82) is 0 Å². The van der Waals surface area contributed by atoms with Gasteiger partial charge in [-0.2, -0.15) is 5.10 Å². The number of piperazine rings is 1. The van der Waals surface area contributed by atoms with Gasteiger partial charge in [-0.15, -0.1) is 0 Å². The molecule has 0 aliphatic carbocycles. The molecule has 10 nitrogen and oxygen atoms in total. The van der Waals surface area contributed by atoms with Gasteiger partial charge in [-0.3, -0.25) is 9.78 Å². The molecule has 1 saturated heterocycles. The Balaban J connectivity index is 1.18. The molecule has 0 unspecified atom stereocenters. The van der Waals surface area contributed by atoms with Crippen LogP contribution >= 0.6 is 0 Å². The second-order valence-electron chi connectivity index (χ2n) is 9.19. The van der Waals surface area contributed by atoms with Gasteiger partial charge in [0, 0.05) is 37.9 Å². The molecular weight excluding hydrogens is 492 g/mol. The van der Waals surface area contributed by atoms with Gasteiger partial charge in [0.05, 0.1) is 42.3 Å². The van der Waals surface area contributed by atoms with Gasteiger partial charge in [-0.1, -0.05) is 24.3 Å². The van der Waals surface area contributed by atoms with Crippen LogP contribution in [0.2, 0.25) is 0 Å². The maximum Gasteiger partial charge on any atom is 0.251 e. The van der Waals surface area contributed by atoms with Crippen molar-refractivity contribution in [3.8, 4) is 11.4 Å². The zero-order chi connectivity index (χ0) is 26.6. The number of fused-ring (bicyclic) bond motifs is 1. The fourth-order valence-corrected chi connectivity index (χ4v) is 4.85. The number of pyridine rings is 1. The van der Waals surface area contributed by atoms with Crippen molar-refractivity contribution < 1.29 is 9.53 Å². The largest absolute Gasteiger partial charge is 0.495 e. The van der Waals surface area contributed by atoms with Crippen molar-refractivity contribution >= 4 is 28.4 Å². The molecule has 196 valence electrons. The Morgan fingerprint density at radius 3 is 2.49 bits per heavy atom. The number of carbonyl (C=O) groups is 1. The lowest BCUT2D eigenvalue weighted by molar-refractivity contribution is 0.0950. The zero-order valence-electron chi connectivity index (χ0n) is 21.6. The molecule has 1 amide bonds. The summed E-state index contributed by atoms with van der Waals surface area (Å²) in [6.45, 7) is 3.36. The second-order valence-corrected chi connectivity index (χ2v) is 9.19. The third kappa shape index (κ3) is 4.96. The number of rotatable bonds is 7. The van der Waals surface area contributed by atoms with Gasteiger partial charge in [-0.25, -0.2) is 14.6 Å². The van der Waals surface area contributed by atoms with Crippen LogP contribution in [0.5, 0.6) is 5.75 Å². The van der Waals surface area contributed by atoms with E-state index < -0.39 is 0 Å². The maximum atomic E-state index is 12.9. The summed E-state index contributed by atoms with van der Waals surface area (Å²) in [6.07, 6.45) is 5.15. The predicted molar refractivity (Wildman–Crippen MR) is 149 cm³/mol. The molecule has 5 aromatic rings. The van der Waals surface area contributed by atoms with E-state index in [1.165, 1.54) is 0 Å². The lowest BCUT2D eigenvalue weighted by atomic mass is 10.1. The summed E-state index contributed by atoms with van der Waals surface area (Å²) in [6, 6.07) is 21.1. The summed E-state index contributed by atoms with van der Waals surface area (Å²) in [4.78, 5) is 30.8. The summed E-state index contributed by atoms with van der Waals surface area (Å²) >= 11 is 0. The zero-order valence-corrected chi connectivity index (χ0v) is 21.6. The highest BCUT2D eigenvalue weighted by atomic mass is 16.5. The topological polar surface area (TPSA) is 101 Å². The van der Waals surface area contributed by atoms with Crippen molar-refractivity contribution in [2.45, 2.75) is 6.54 Å². The van der Waals surface area contributed by atoms with E-state index in [0.717, 1.165) is 65.8 Å². The molecule has 0 spiro atoms. The van der Waals surface area contributed by atoms with Crippen LogP contribution in [0.15, 0.2) is 85.5 Å². The molecule has 6 rings (SSSR count). The van der Waals surface area contributed by atoms with Crippen LogP contribution < -0.4 is 19.9 Å². The van der Waals surface area contributed by atoms with Crippen LogP contribution in [0.25, 0.3) is 16.7 Å². The predicted octanol–water partition coefficient (Wildman–Crippen LogP) is 3.48. The SMILES string of the molecule is COc1ccc(C(=O)NCc2ccccn2)cc1N1CCN(c2ncnc3c2cnn3-c2ccccc2)CC1. The Morgan fingerprint density at radius 1 is 0.923 bits per heavy atom. The smallest absolute Gasteiger partial charge is 0.251 e. The molecule has 39 heavy (non-hydrogen) atoms. The first kappa shape index (κ1) is 24.4. The molecule has 10 heteroatoms. The number of carbonyl (C=O) groups excluding carboxylic acids is 1. The molecule has 1 aliphatic rings. The van der Waals surface area contributed by atoms with Gasteiger partial charge in [0.2, 0.25) is 0 Å². The molecule has 0 atom stereocenters. The van der Waals surface area contributed by atoms with Crippen molar-refractivity contribution in [2.75, 3.05) is 43.1 Å². The minimum absolute atomic E-state index is 0.151. The van der Waals surface area contributed by atoms with Crippen molar-refractivity contribution in [1.82, 2.24) is 30.0 Å². The van der Waals surface area contributed by atoms with Crippen LogP contribution in [0, 0.1) is 0 Å². The van der Waals surface area contributed by atoms with E-state index in [1.807, 2.05) is 71.5 Å². The van der Waals surface area contributed by atoms with E-state index in [0.29, 0.717) is 12.1 Å². The van der Waals surface area contributed by atoms with Gasteiger partial charge in [0.15, 0.2) is 5.65 Å². The van der Waals surface area contributed by atoms with Crippen molar-refractivity contribution in [3.63, 3.8) is 0 Å². The summed E-state index contributed by atoms with van der Waals surface area (Å²) in [5, 5.41) is 8.45. The monoisotopic (exact) mass is 520 g/mol. The number of para-hydroxylation sites is 1. The first-order chi connectivity index (χ1) is 19.2. The lowest BCUT2D eigenvalue weighted by Gasteiger charge is -2.37. The molecule has 4 heterocycles. The second kappa shape index (κ2) is 10.8. The Kier molecular flexibility index (Phi) is 6.73. The van der Waals surface area contributed by atoms with E-state index >= 15 is 0 Å². The molecule has 3 aromatic heterocycles. The van der Waals surface area contributed by atoms with Crippen LogP contribution in [0.3, 0.4) is 0 Å². The number of nitrogens with one attached hydrogen (secondary N) is 1. The summed E-state index contributed by atoms with van der Waals surface area (Å²) in [5.74, 6) is 1.46. The van der Waals surface area contributed by atoms with E-state index in [2.05, 4.69) is 35.2 Å². The third-order valence-corrected chi connectivity index (χ3v) is 6.86. The lowest BCUT2D eigenvalue weighted by Crippen LogP contribution is -2.47. The average molecular weight is 521 g/mol. The normalized spacial score (nSPS) is 13.5. The Bertz CT molecular complexity index is 1580. The van der Waals surface area contributed by atoms with Gasteiger partial charge >= 0.3 is 0 Å². The molecule has 2 aromatic carbocycles. The van der Waals surface area contributed by atoms with Crippen LogP contribution in [0.4, 0.5) is 11.5 Å². The molecule has 0 saturated carbocycles. The van der Waals surface area contributed by atoms with Gasteiger partial charge in [0.25, 0.3) is 5.91 Å². The number of benzene rings is 2. The molecule has 0 radical (unpaired) electrons. The molecule has 1 fully saturated rings. The average Bonchev–Trinajstić information content (AvgIpc) is 3.45. The van der Waals surface area contributed by atoms with Crippen molar-refractivity contribution in [2.24, 2.45) is 0 Å². The Labute approximate surface area is 225 Å². The fraction of sp³-hybridized carbons (Fsp3) is 0.207. The molecule has 0 bridgehead atoms. The van der Waals surface area contributed by atoms with Gasteiger partial charge < -0.3 is 19.9 Å². The Morgan fingerprint density at radius 2 is 1.72 bits per heavy atom. The highest BCUT2D eigenvalue weighted by molar-refractivity contribution is 5.95. The maximum absolute atomic E-state index is 12.9. The highest BCUT2D eigenvalue weighted by Gasteiger charge is 2.24. The van der Waals surface area contributed by atoms with Crippen LogP contribution in [-0.4, -0.2) is 63.9 Å². The first-order valence-corrected chi connectivity index (χ1v) is 12.8. The number of hydrogen-bond donors (Lipinski definition) is 1. The van der Waals surface area contributed by atoms with E-state index in [9.17, 15) is 4.79 Å². The highest BCUT2D eigenvalue weighted by Crippen LogP contribution is 2.32. The summed E-state index contributed by atoms with van der Waals surface area (Å²) in [5.41, 5.74) is 4.02. The minimum Gasteiger partial charge on any atom is -0.495 e. The molecular formula is C29H28N8O2. The van der Waals surface area contributed by atoms with E-state index in [4.69, 9.17) is 4.74 Å².